The van der Waals surface area contributed by atoms with Gasteiger partial charge in [0.2, 0.25) is 5.89 Å². The summed E-state index contributed by atoms with van der Waals surface area (Å²) < 4.78 is 5.43. The summed E-state index contributed by atoms with van der Waals surface area (Å²) in [5, 5.41) is 8.05. The summed E-state index contributed by atoms with van der Waals surface area (Å²) in [6, 6.07) is 7.52. The fourth-order valence-corrected chi connectivity index (χ4v) is 1.66. The average Bonchev–Trinajstić information content (AvgIpc) is 2.71. The van der Waals surface area contributed by atoms with Crippen molar-refractivity contribution in [2.45, 2.75) is 6.92 Å². The van der Waals surface area contributed by atoms with Crippen molar-refractivity contribution < 1.29 is 4.42 Å². The molecule has 0 atom stereocenters. The Morgan fingerprint density at radius 2 is 2.35 bits per heavy atom. The number of nitrogens with zero attached hydrogens (tertiary/aromatic N) is 3. The number of hydrogen-bond acceptors (Lipinski definition) is 5. The zero-order chi connectivity index (χ0) is 12.1. The number of benzene rings is 1. The highest BCUT2D eigenvalue weighted by Gasteiger charge is 2.01. The molecule has 1 aromatic heterocycles. The Balaban J connectivity index is 2.13. The minimum atomic E-state index is 0.421. The van der Waals surface area contributed by atoms with E-state index in [0.29, 0.717) is 11.1 Å². The van der Waals surface area contributed by atoms with Crippen molar-refractivity contribution in [3.05, 3.63) is 30.2 Å². The van der Waals surface area contributed by atoms with Gasteiger partial charge in [0.25, 0.3) is 0 Å². The first kappa shape index (κ1) is 11.7. The van der Waals surface area contributed by atoms with E-state index in [2.05, 4.69) is 15.2 Å². The molecule has 0 spiro atoms. The third kappa shape index (κ3) is 3.07. The lowest BCUT2D eigenvalue weighted by atomic mass is 10.3. The molecule has 0 fully saturated rings. The Labute approximate surface area is 103 Å². The van der Waals surface area contributed by atoms with Crippen LogP contribution in [0.1, 0.15) is 12.8 Å². The van der Waals surface area contributed by atoms with Gasteiger partial charge in [-0.05, 0) is 17.9 Å². The quantitative estimate of drug-likeness (QED) is 0.513. The largest absolute Gasteiger partial charge is 0.435 e. The van der Waals surface area contributed by atoms with Gasteiger partial charge < -0.3 is 10.2 Å². The monoisotopic (exact) mass is 248 g/mol. The van der Waals surface area contributed by atoms with Crippen LogP contribution in [0.4, 0.5) is 0 Å². The summed E-state index contributed by atoms with van der Waals surface area (Å²) >= 11 is 1.43. The third-order valence-electron chi connectivity index (χ3n) is 1.93. The van der Waals surface area contributed by atoms with Gasteiger partial charge in [0.1, 0.15) is 11.7 Å². The Hall–Kier alpha value is -1.82. The fourth-order valence-electron chi connectivity index (χ4n) is 1.26. The lowest BCUT2D eigenvalue weighted by molar-refractivity contribution is 0.593. The topological polar surface area (TPSA) is 76.8 Å². The number of fused-ring (bicyclic) bond motifs is 1. The molecule has 0 saturated carbocycles. The van der Waals surface area contributed by atoms with Crippen molar-refractivity contribution in [3.63, 3.8) is 0 Å². The van der Waals surface area contributed by atoms with E-state index in [0.717, 1.165) is 16.9 Å². The summed E-state index contributed by atoms with van der Waals surface area (Å²) in [6.07, 6.45) is 1.45. The van der Waals surface area contributed by atoms with Crippen LogP contribution in [-0.4, -0.2) is 22.1 Å². The van der Waals surface area contributed by atoms with E-state index in [1.165, 1.54) is 18.0 Å². The molecule has 0 aliphatic heterocycles. The van der Waals surface area contributed by atoms with Gasteiger partial charge in [-0.1, -0.05) is 30.8 Å². The Kier molecular flexibility index (Phi) is 3.77. The number of rotatable bonds is 3. The van der Waals surface area contributed by atoms with Gasteiger partial charge in [-0.15, -0.1) is 5.10 Å². The summed E-state index contributed by atoms with van der Waals surface area (Å²) in [7, 11) is 0. The third-order valence-corrected chi connectivity index (χ3v) is 2.59. The summed E-state index contributed by atoms with van der Waals surface area (Å²) in [5.74, 6) is 1.29. The van der Waals surface area contributed by atoms with E-state index < -0.39 is 0 Å². The molecule has 2 N–H and O–H groups in total. The lowest BCUT2D eigenvalue weighted by Crippen LogP contribution is -2.05. The molecule has 0 saturated heterocycles. The van der Waals surface area contributed by atoms with Crippen molar-refractivity contribution in [1.29, 1.82) is 0 Å². The molecule has 6 heteroatoms. The van der Waals surface area contributed by atoms with Gasteiger partial charge in [0, 0.05) is 0 Å². The highest BCUT2D eigenvalue weighted by atomic mass is 32.2. The Morgan fingerprint density at radius 3 is 3.12 bits per heavy atom. The molecule has 0 aliphatic carbocycles. The van der Waals surface area contributed by atoms with Crippen molar-refractivity contribution in [2.75, 3.05) is 5.75 Å². The number of para-hydroxylation sites is 2. The maximum Gasteiger partial charge on any atom is 0.240 e. The smallest absolute Gasteiger partial charge is 0.240 e. The number of thioether (sulfide) groups is 1. The maximum absolute atomic E-state index is 5.57. The zero-order valence-corrected chi connectivity index (χ0v) is 10.1. The normalized spacial score (nSPS) is 12.6. The molecule has 0 amide bonds. The standard InChI is InChI=1S/C11H12N4OS/c1-2-17-11(12)15-13-7-10-14-8-5-3-4-6-9(8)16-10/h3-7H,2H2,1H3,(H2,12,15)/b13-7-. The summed E-state index contributed by atoms with van der Waals surface area (Å²) in [4.78, 5) is 4.22. The predicted molar refractivity (Wildman–Crippen MR) is 71.4 cm³/mol. The minimum Gasteiger partial charge on any atom is -0.435 e. The molecule has 0 aliphatic rings. The van der Waals surface area contributed by atoms with Crippen LogP contribution >= 0.6 is 11.8 Å². The number of oxazole rings is 1. The van der Waals surface area contributed by atoms with Crippen LogP contribution in [0.15, 0.2) is 38.9 Å². The van der Waals surface area contributed by atoms with Gasteiger partial charge in [-0.3, -0.25) is 0 Å². The van der Waals surface area contributed by atoms with E-state index in [-0.39, 0.29) is 0 Å². The maximum atomic E-state index is 5.57. The van der Waals surface area contributed by atoms with Crippen LogP contribution in [0.3, 0.4) is 0 Å². The molecular weight excluding hydrogens is 236 g/mol. The Bertz CT molecular complexity index is 528. The van der Waals surface area contributed by atoms with Crippen molar-refractivity contribution in [3.8, 4) is 0 Å². The van der Waals surface area contributed by atoms with Crippen molar-refractivity contribution >= 4 is 34.2 Å². The van der Waals surface area contributed by atoms with Crippen molar-refractivity contribution in [2.24, 2.45) is 15.9 Å². The van der Waals surface area contributed by atoms with E-state index in [4.69, 9.17) is 10.2 Å². The van der Waals surface area contributed by atoms with Gasteiger partial charge in [-0.25, -0.2) is 4.98 Å². The van der Waals surface area contributed by atoms with Gasteiger partial charge in [-0.2, -0.15) is 5.10 Å². The molecule has 1 heterocycles. The zero-order valence-electron chi connectivity index (χ0n) is 9.33. The van der Waals surface area contributed by atoms with Crippen LogP contribution < -0.4 is 5.73 Å². The first-order valence-electron chi connectivity index (χ1n) is 5.14. The first-order valence-corrected chi connectivity index (χ1v) is 6.13. The number of hydrogen-bond donors (Lipinski definition) is 1. The minimum absolute atomic E-state index is 0.421. The predicted octanol–water partition coefficient (Wildman–Crippen LogP) is 2.23. The molecule has 1 aromatic carbocycles. The molecule has 0 bridgehead atoms. The number of nitrogens with two attached hydrogens (primary N) is 1. The lowest BCUT2D eigenvalue weighted by Gasteiger charge is -1.90. The molecule has 17 heavy (non-hydrogen) atoms. The van der Waals surface area contributed by atoms with E-state index in [1.807, 2.05) is 31.2 Å². The molecule has 0 radical (unpaired) electrons. The molecule has 88 valence electrons. The highest BCUT2D eigenvalue weighted by Crippen LogP contribution is 2.13. The highest BCUT2D eigenvalue weighted by molar-refractivity contribution is 8.13. The van der Waals surface area contributed by atoms with E-state index >= 15 is 0 Å². The molecule has 5 nitrogen and oxygen atoms in total. The van der Waals surface area contributed by atoms with Gasteiger partial charge >= 0.3 is 0 Å². The SMILES string of the molecule is CCSC(N)=N/N=C\c1nc2ccccc2o1. The second-order valence-corrected chi connectivity index (χ2v) is 4.42. The molecule has 2 aromatic rings. The first-order chi connectivity index (χ1) is 8.29. The van der Waals surface area contributed by atoms with Crippen LogP contribution in [0.2, 0.25) is 0 Å². The molecule has 0 unspecified atom stereocenters. The number of aromatic nitrogens is 1. The Morgan fingerprint density at radius 1 is 1.53 bits per heavy atom. The summed E-state index contributed by atoms with van der Waals surface area (Å²) in [6.45, 7) is 2.00. The van der Waals surface area contributed by atoms with E-state index in [1.54, 1.807) is 0 Å². The average molecular weight is 248 g/mol. The second kappa shape index (κ2) is 5.49. The fraction of sp³-hybridized carbons (Fsp3) is 0.182. The van der Waals surface area contributed by atoms with Gasteiger partial charge in [0.15, 0.2) is 10.8 Å². The number of amidine groups is 1. The molecular formula is C11H12N4OS. The van der Waals surface area contributed by atoms with Crippen LogP contribution in [0.25, 0.3) is 11.1 Å². The van der Waals surface area contributed by atoms with Gasteiger partial charge in [0.05, 0.1) is 0 Å². The van der Waals surface area contributed by atoms with E-state index in [9.17, 15) is 0 Å². The molecule has 2 rings (SSSR count). The van der Waals surface area contributed by atoms with Crippen LogP contribution in [0.5, 0.6) is 0 Å². The van der Waals surface area contributed by atoms with Crippen molar-refractivity contribution in [1.82, 2.24) is 4.98 Å². The van der Waals surface area contributed by atoms with Crippen LogP contribution in [0, 0.1) is 0 Å². The second-order valence-electron chi connectivity index (χ2n) is 3.14. The van der Waals surface area contributed by atoms with Crippen LogP contribution in [-0.2, 0) is 0 Å². The summed E-state index contributed by atoms with van der Waals surface area (Å²) in [5.41, 5.74) is 7.10.